The van der Waals surface area contributed by atoms with Gasteiger partial charge >= 0.3 is 5.97 Å². The molecular weight excluding hydrogens is 276 g/mol. The Morgan fingerprint density at radius 3 is 2.41 bits per heavy atom. The number of benzene rings is 1. The summed E-state index contributed by atoms with van der Waals surface area (Å²) >= 11 is 0. The van der Waals surface area contributed by atoms with Crippen molar-refractivity contribution in [2.75, 3.05) is 32.7 Å². The van der Waals surface area contributed by atoms with Crippen molar-refractivity contribution >= 4 is 5.97 Å². The van der Waals surface area contributed by atoms with Gasteiger partial charge in [-0.15, -0.1) is 0 Å². The predicted molar refractivity (Wildman–Crippen MR) is 89.3 cm³/mol. The van der Waals surface area contributed by atoms with Gasteiger partial charge in [-0.05, 0) is 56.6 Å². The molecule has 1 aromatic carbocycles. The van der Waals surface area contributed by atoms with Gasteiger partial charge in [-0.1, -0.05) is 25.5 Å². The number of carboxylic acids is 1. The second kappa shape index (κ2) is 8.91. The van der Waals surface area contributed by atoms with E-state index < -0.39 is 5.97 Å². The standard InChI is InChI=1S/C18H28N2O2/c1-2-10-20(14-13-19-11-4-3-5-12-19)15-16-6-8-17(9-7-16)18(21)22/h6-9H,2-5,10-15H2,1H3,(H,21,22). The summed E-state index contributed by atoms with van der Waals surface area (Å²) in [4.78, 5) is 15.9. The largest absolute Gasteiger partial charge is 0.478 e. The van der Waals surface area contributed by atoms with E-state index in [1.54, 1.807) is 12.1 Å². The van der Waals surface area contributed by atoms with Gasteiger partial charge < -0.3 is 10.0 Å². The Morgan fingerprint density at radius 2 is 1.82 bits per heavy atom. The minimum absolute atomic E-state index is 0.360. The smallest absolute Gasteiger partial charge is 0.335 e. The van der Waals surface area contributed by atoms with Crippen molar-refractivity contribution in [3.8, 4) is 0 Å². The van der Waals surface area contributed by atoms with Crippen LogP contribution in [0.3, 0.4) is 0 Å². The lowest BCUT2D eigenvalue weighted by atomic mass is 10.1. The third-order valence-corrected chi connectivity index (χ3v) is 4.33. The summed E-state index contributed by atoms with van der Waals surface area (Å²) in [5.41, 5.74) is 1.55. The van der Waals surface area contributed by atoms with Crippen molar-refractivity contribution < 1.29 is 9.90 Å². The van der Waals surface area contributed by atoms with Crippen LogP contribution in [0.2, 0.25) is 0 Å². The second-order valence-corrected chi connectivity index (χ2v) is 6.18. The van der Waals surface area contributed by atoms with Crippen LogP contribution in [0.5, 0.6) is 0 Å². The third-order valence-electron chi connectivity index (χ3n) is 4.33. The van der Waals surface area contributed by atoms with Gasteiger partial charge in [-0.3, -0.25) is 4.90 Å². The molecule has 1 heterocycles. The Balaban J connectivity index is 1.85. The SMILES string of the molecule is CCCN(CCN1CCCCC1)Cc1ccc(C(=O)O)cc1. The van der Waals surface area contributed by atoms with Gasteiger partial charge in [0, 0.05) is 19.6 Å². The molecule has 4 nitrogen and oxygen atoms in total. The van der Waals surface area contributed by atoms with Crippen LogP contribution in [0.15, 0.2) is 24.3 Å². The highest BCUT2D eigenvalue weighted by Crippen LogP contribution is 2.11. The topological polar surface area (TPSA) is 43.8 Å². The Hall–Kier alpha value is -1.39. The zero-order valence-corrected chi connectivity index (χ0v) is 13.6. The number of nitrogens with zero attached hydrogens (tertiary/aromatic N) is 2. The van der Waals surface area contributed by atoms with E-state index in [0.29, 0.717) is 5.56 Å². The Labute approximate surface area is 133 Å². The molecule has 0 atom stereocenters. The molecular formula is C18H28N2O2. The van der Waals surface area contributed by atoms with Crippen LogP contribution < -0.4 is 0 Å². The molecule has 4 heteroatoms. The van der Waals surface area contributed by atoms with E-state index in [0.717, 1.165) is 32.6 Å². The lowest BCUT2D eigenvalue weighted by molar-refractivity contribution is 0.0697. The van der Waals surface area contributed by atoms with Crippen LogP contribution in [-0.4, -0.2) is 53.6 Å². The zero-order chi connectivity index (χ0) is 15.8. The fraction of sp³-hybridized carbons (Fsp3) is 0.611. The maximum Gasteiger partial charge on any atom is 0.335 e. The van der Waals surface area contributed by atoms with Crippen LogP contribution in [0.1, 0.15) is 48.5 Å². The van der Waals surface area contributed by atoms with Gasteiger partial charge in [-0.25, -0.2) is 4.79 Å². The molecule has 1 aliphatic rings. The molecule has 0 spiro atoms. The van der Waals surface area contributed by atoms with E-state index >= 15 is 0 Å². The molecule has 1 saturated heterocycles. The van der Waals surface area contributed by atoms with Crippen LogP contribution in [0, 0.1) is 0 Å². The first-order chi connectivity index (χ1) is 10.7. The summed E-state index contributed by atoms with van der Waals surface area (Å²) in [5, 5.41) is 8.95. The van der Waals surface area contributed by atoms with Crippen molar-refractivity contribution in [2.45, 2.75) is 39.2 Å². The lowest BCUT2D eigenvalue weighted by Crippen LogP contribution is -2.38. The normalized spacial score (nSPS) is 16.1. The molecule has 1 aliphatic heterocycles. The first-order valence-corrected chi connectivity index (χ1v) is 8.46. The number of carboxylic acid groups (broad SMARTS) is 1. The van der Waals surface area contributed by atoms with Gasteiger partial charge in [0.05, 0.1) is 5.56 Å². The van der Waals surface area contributed by atoms with E-state index in [1.165, 1.54) is 37.9 Å². The minimum atomic E-state index is -0.859. The van der Waals surface area contributed by atoms with E-state index in [2.05, 4.69) is 16.7 Å². The number of aromatic carboxylic acids is 1. The minimum Gasteiger partial charge on any atom is -0.478 e. The molecule has 1 aromatic rings. The second-order valence-electron chi connectivity index (χ2n) is 6.18. The first-order valence-electron chi connectivity index (χ1n) is 8.46. The lowest BCUT2D eigenvalue weighted by Gasteiger charge is -2.30. The highest BCUT2D eigenvalue weighted by atomic mass is 16.4. The fourth-order valence-electron chi connectivity index (χ4n) is 3.06. The molecule has 0 amide bonds. The summed E-state index contributed by atoms with van der Waals surface area (Å²) < 4.78 is 0. The average molecular weight is 304 g/mol. The van der Waals surface area contributed by atoms with Gasteiger partial charge in [-0.2, -0.15) is 0 Å². The average Bonchev–Trinajstić information content (AvgIpc) is 2.54. The summed E-state index contributed by atoms with van der Waals surface area (Å²) in [6.45, 7) is 8.93. The molecule has 0 unspecified atom stereocenters. The maximum atomic E-state index is 10.9. The Kier molecular flexibility index (Phi) is 6.87. The van der Waals surface area contributed by atoms with Crippen molar-refractivity contribution in [3.05, 3.63) is 35.4 Å². The maximum absolute atomic E-state index is 10.9. The van der Waals surface area contributed by atoms with Crippen molar-refractivity contribution in [3.63, 3.8) is 0 Å². The van der Waals surface area contributed by atoms with E-state index in [1.807, 2.05) is 12.1 Å². The van der Waals surface area contributed by atoms with Gasteiger partial charge in [0.2, 0.25) is 0 Å². The molecule has 0 bridgehead atoms. The first kappa shape index (κ1) is 17.0. The molecule has 0 saturated carbocycles. The molecule has 1 N–H and O–H groups in total. The van der Waals surface area contributed by atoms with Crippen molar-refractivity contribution in [1.82, 2.24) is 9.80 Å². The summed E-state index contributed by atoms with van der Waals surface area (Å²) in [6.07, 6.45) is 5.20. The van der Waals surface area contributed by atoms with Gasteiger partial charge in [0.15, 0.2) is 0 Å². The monoisotopic (exact) mass is 304 g/mol. The summed E-state index contributed by atoms with van der Waals surface area (Å²) in [7, 11) is 0. The highest BCUT2D eigenvalue weighted by molar-refractivity contribution is 5.87. The van der Waals surface area contributed by atoms with Crippen molar-refractivity contribution in [1.29, 1.82) is 0 Å². The van der Waals surface area contributed by atoms with E-state index in [4.69, 9.17) is 5.11 Å². The molecule has 2 rings (SSSR count). The highest BCUT2D eigenvalue weighted by Gasteiger charge is 2.12. The molecule has 22 heavy (non-hydrogen) atoms. The fourth-order valence-corrected chi connectivity index (χ4v) is 3.06. The number of carbonyl (C=O) groups is 1. The van der Waals surface area contributed by atoms with Crippen LogP contribution >= 0.6 is 0 Å². The summed E-state index contributed by atoms with van der Waals surface area (Å²) in [6, 6.07) is 7.28. The molecule has 0 aromatic heterocycles. The van der Waals surface area contributed by atoms with Gasteiger partial charge in [0.25, 0.3) is 0 Å². The number of piperidine rings is 1. The molecule has 0 radical (unpaired) electrons. The molecule has 122 valence electrons. The van der Waals surface area contributed by atoms with Crippen molar-refractivity contribution in [2.24, 2.45) is 0 Å². The summed E-state index contributed by atoms with van der Waals surface area (Å²) in [5.74, 6) is -0.859. The zero-order valence-electron chi connectivity index (χ0n) is 13.6. The Bertz CT molecular complexity index is 453. The predicted octanol–water partition coefficient (Wildman–Crippen LogP) is 3.08. The van der Waals surface area contributed by atoms with E-state index in [9.17, 15) is 4.79 Å². The number of rotatable bonds is 8. The third kappa shape index (κ3) is 5.43. The number of hydrogen-bond acceptors (Lipinski definition) is 3. The molecule has 0 aliphatic carbocycles. The number of hydrogen-bond donors (Lipinski definition) is 1. The molecule has 1 fully saturated rings. The van der Waals surface area contributed by atoms with Crippen LogP contribution in [-0.2, 0) is 6.54 Å². The van der Waals surface area contributed by atoms with Crippen LogP contribution in [0.25, 0.3) is 0 Å². The van der Waals surface area contributed by atoms with Crippen LogP contribution in [0.4, 0.5) is 0 Å². The Morgan fingerprint density at radius 1 is 1.14 bits per heavy atom. The number of likely N-dealkylation sites (tertiary alicyclic amines) is 1. The van der Waals surface area contributed by atoms with Gasteiger partial charge in [0.1, 0.15) is 0 Å². The van der Waals surface area contributed by atoms with E-state index in [-0.39, 0.29) is 0 Å². The quantitative estimate of drug-likeness (QED) is 0.801.